The van der Waals surface area contributed by atoms with Crippen LogP contribution in [-0.2, 0) is 24.8 Å². The van der Waals surface area contributed by atoms with Crippen LogP contribution in [0.5, 0.6) is 0 Å². The van der Waals surface area contributed by atoms with E-state index in [0.29, 0.717) is 16.7 Å². The van der Waals surface area contributed by atoms with E-state index in [1.54, 1.807) is 37.5 Å². The van der Waals surface area contributed by atoms with Gasteiger partial charge in [0.1, 0.15) is 6.04 Å². The summed E-state index contributed by atoms with van der Waals surface area (Å²) in [6, 6.07) is 16.6. The molecule has 1 heterocycles. The van der Waals surface area contributed by atoms with Gasteiger partial charge in [0.25, 0.3) is 11.5 Å². The summed E-state index contributed by atoms with van der Waals surface area (Å²) < 4.78 is 1.46. The fourth-order valence-corrected chi connectivity index (χ4v) is 3.25. The Balaban J connectivity index is 1.72. The van der Waals surface area contributed by atoms with Crippen LogP contribution in [-0.4, -0.2) is 33.6 Å². The van der Waals surface area contributed by atoms with Crippen molar-refractivity contribution in [2.45, 2.75) is 19.0 Å². The Morgan fingerprint density at radius 2 is 1.76 bits per heavy atom. The first-order chi connectivity index (χ1) is 15.8. The second kappa shape index (κ2) is 10.4. The first kappa shape index (κ1) is 23.4. The second-order valence-electron chi connectivity index (χ2n) is 7.49. The van der Waals surface area contributed by atoms with Crippen molar-refractivity contribution in [3.63, 3.8) is 0 Å². The summed E-state index contributed by atoms with van der Waals surface area (Å²) in [5, 5.41) is 11.4. The van der Waals surface area contributed by atoms with Crippen LogP contribution in [0.3, 0.4) is 0 Å². The van der Waals surface area contributed by atoms with Crippen molar-refractivity contribution in [3.8, 4) is 11.1 Å². The molecule has 9 nitrogen and oxygen atoms in total. The molecule has 0 spiro atoms. The SMILES string of the molecule is Cn1ccc(-c2ccccc2)c(CN=C(N)NC(=O)c2ccc(C[C@H](N)C(=O)O)cc2)c1=O. The number of aryl methyl sites for hydroxylation is 1. The molecule has 6 N–H and O–H groups in total. The van der Waals surface area contributed by atoms with Crippen molar-refractivity contribution in [1.29, 1.82) is 0 Å². The molecule has 0 unspecified atom stereocenters. The highest BCUT2D eigenvalue weighted by Crippen LogP contribution is 2.21. The number of nitrogens with two attached hydrogens (primary N) is 2. The number of aliphatic imine (C=N–C) groups is 1. The maximum Gasteiger partial charge on any atom is 0.320 e. The fourth-order valence-electron chi connectivity index (χ4n) is 3.25. The highest BCUT2D eigenvalue weighted by Gasteiger charge is 2.14. The predicted molar refractivity (Wildman–Crippen MR) is 126 cm³/mol. The van der Waals surface area contributed by atoms with Crippen molar-refractivity contribution in [2.24, 2.45) is 23.5 Å². The van der Waals surface area contributed by atoms with E-state index in [4.69, 9.17) is 16.6 Å². The third kappa shape index (κ3) is 5.92. The molecule has 0 saturated heterocycles. The smallest absolute Gasteiger partial charge is 0.320 e. The van der Waals surface area contributed by atoms with Crippen LogP contribution in [0.1, 0.15) is 21.5 Å². The van der Waals surface area contributed by atoms with Crippen molar-refractivity contribution in [1.82, 2.24) is 9.88 Å². The number of pyridine rings is 1. The molecule has 1 amide bonds. The largest absolute Gasteiger partial charge is 0.480 e. The Morgan fingerprint density at radius 3 is 2.39 bits per heavy atom. The monoisotopic (exact) mass is 447 g/mol. The zero-order chi connectivity index (χ0) is 24.0. The molecule has 2 aromatic carbocycles. The molecule has 0 aliphatic carbocycles. The van der Waals surface area contributed by atoms with Crippen LogP contribution in [0, 0.1) is 0 Å². The van der Waals surface area contributed by atoms with Gasteiger partial charge in [0.2, 0.25) is 0 Å². The van der Waals surface area contributed by atoms with Gasteiger partial charge < -0.3 is 21.1 Å². The minimum Gasteiger partial charge on any atom is -0.480 e. The number of aliphatic carboxylic acids is 1. The summed E-state index contributed by atoms with van der Waals surface area (Å²) in [4.78, 5) is 40.2. The molecule has 0 aliphatic heterocycles. The zero-order valence-corrected chi connectivity index (χ0v) is 18.1. The van der Waals surface area contributed by atoms with Gasteiger partial charge in [-0.05, 0) is 41.3 Å². The minimum absolute atomic E-state index is 0.00410. The summed E-state index contributed by atoms with van der Waals surface area (Å²) in [5.74, 6) is -1.69. The van der Waals surface area contributed by atoms with Crippen molar-refractivity contribution in [3.05, 3.63) is 93.9 Å². The number of aromatic nitrogens is 1. The molecule has 33 heavy (non-hydrogen) atoms. The van der Waals surface area contributed by atoms with E-state index in [1.807, 2.05) is 36.4 Å². The second-order valence-corrected chi connectivity index (χ2v) is 7.49. The van der Waals surface area contributed by atoms with Gasteiger partial charge in [-0.25, -0.2) is 4.99 Å². The van der Waals surface area contributed by atoms with Crippen molar-refractivity contribution < 1.29 is 14.7 Å². The first-order valence-corrected chi connectivity index (χ1v) is 10.2. The number of rotatable bonds is 7. The molecule has 0 radical (unpaired) electrons. The number of carbonyl (C=O) groups excluding carboxylic acids is 1. The quantitative estimate of drug-likeness (QED) is 0.316. The summed E-state index contributed by atoms with van der Waals surface area (Å²) >= 11 is 0. The fraction of sp³-hybridized carbons (Fsp3) is 0.167. The zero-order valence-electron chi connectivity index (χ0n) is 18.1. The molecule has 9 heteroatoms. The topological polar surface area (TPSA) is 153 Å². The highest BCUT2D eigenvalue weighted by molar-refractivity contribution is 6.05. The lowest BCUT2D eigenvalue weighted by atomic mass is 10.0. The summed E-state index contributed by atoms with van der Waals surface area (Å²) in [5.41, 5.74) is 14.3. The Bertz CT molecular complexity index is 1230. The normalized spacial score (nSPS) is 12.2. The molecule has 3 rings (SSSR count). The maximum atomic E-state index is 12.7. The number of benzene rings is 2. The molecule has 170 valence electrons. The predicted octanol–water partition coefficient (Wildman–Crippen LogP) is 1.25. The Morgan fingerprint density at radius 1 is 1.09 bits per heavy atom. The average Bonchev–Trinajstić information content (AvgIpc) is 2.80. The number of guanidine groups is 1. The Hall–Kier alpha value is -4.24. The Labute approximate surface area is 190 Å². The van der Waals surface area contributed by atoms with Gasteiger partial charge in [-0.2, -0.15) is 0 Å². The van der Waals surface area contributed by atoms with E-state index in [-0.39, 0.29) is 24.5 Å². The maximum absolute atomic E-state index is 12.7. The lowest BCUT2D eigenvalue weighted by Crippen LogP contribution is -2.37. The number of amides is 1. The van der Waals surface area contributed by atoms with Crippen molar-refractivity contribution in [2.75, 3.05) is 0 Å². The van der Waals surface area contributed by atoms with Crippen LogP contribution >= 0.6 is 0 Å². The van der Waals surface area contributed by atoms with Gasteiger partial charge in [-0.15, -0.1) is 0 Å². The molecule has 1 atom stereocenters. The molecule has 0 saturated carbocycles. The number of hydrogen-bond acceptors (Lipinski definition) is 5. The van der Waals surface area contributed by atoms with Gasteiger partial charge in [0, 0.05) is 24.4 Å². The van der Waals surface area contributed by atoms with Crippen LogP contribution < -0.4 is 22.3 Å². The number of carbonyl (C=O) groups is 2. The van der Waals surface area contributed by atoms with E-state index in [2.05, 4.69) is 10.3 Å². The number of hydrogen-bond donors (Lipinski definition) is 4. The van der Waals surface area contributed by atoms with E-state index < -0.39 is 17.9 Å². The molecular weight excluding hydrogens is 422 g/mol. The van der Waals surface area contributed by atoms with Gasteiger partial charge in [0.15, 0.2) is 5.96 Å². The summed E-state index contributed by atoms with van der Waals surface area (Å²) in [6.07, 6.45) is 1.84. The van der Waals surface area contributed by atoms with Gasteiger partial charge >= 0.3 is 5.97 Å². The molecule has 0 aliphatic rings. The molecule has 0 fully saturated rings. The molecular formula is C24H25N5O4. The standard InChI is InChI=1S/C24H25N5O4/c1-29-12-11-18(16-5-3-2-4-6-16)19(22(29)31)14-27-24(26)28-21(30)17-9-7-15(8-10-17)13-20(25)23(32)33/h2-12,20H,13-14,25H2,1H3,(H,32,33)(H3,26,27,28,30)/t20-/m0/s1. The number of nitrogens with zero attached hydrogens (tertiary/aromatic N) is 2. The lowest BCUT2D eigenvalue weighted by molar-refractivity contribution is -0.138. The molecule has 1 aromatic heterocycles. The number of nitrogens with one attached hydrogen (secondary N) is 1. The molecule has 0 bridgehead atoms. The number of carboxylic acids is 1. The van der Waals surface area contributed by atoms with Gasteiger partial charge in [-0.3, -0.25) is 19.7 Å². The van der Waals surface area contributed by atoms with E-state index in [9.17, 15) is 14.4 Å². The van der Waals surface area contributed by atoms with E-state index >= 15 is 0 Å². The van der Waals surface area contributed by atoms with Crippen LogP contribution in [0.15, 0.2) is 76.6 Å². The third-order valence-corrected chi connectivity index (χ3v) is 5.09. The summed E-state index contributed by atoms with van der Waals surface area (Å²) in [6.45, 7) is -0.00410. The van der Waals surface area contributed by atoms with E-state index in [1.165, 1.54) is 4.57 Å². The van der Waals surface area contributed by atoms with Gasteiger partial charge in [-0.1, -0.05) is 42.5 Å². The van der Waals surface area contributed by atoms with Crippen LogP contribution in [0.2, 0.25) is 0 Å². The minimum atomic E-state index is -1.09. The van der Waals surface area contributed by atoms with E-state index in [0.717, 1.165) is 11.1 Å². The van der Waals surface area contributed by atoms with Crippen LogP contribution in [0.25, 0.3) is 11.1 Å². The lowest BCUT2D eigenvalue weighted by Gasteiger charge is -2.10. The highest BCUT2D eigenvalue weighted by atomic mass is 16.4. The average molecular weight is 447 g/mol. The molecule has 3 aromatic rings. The Kier molecular flexibility index (Phi) is 7.37. The summed E-state index contributed by atoms with van der Waals surface area (Å²) in [7, 11) is 1.66. The van der Waals surface area contributed by atoms with Crippen LogP contribution in [0.4, 0.5) is 0 Å². The number of carboxylic acid groups (broad SMARTS) is 1. The van der Waals surface area contributed by atoms with Crippen molar-refractivity contribution >= 4 is 17.8 Å². The van der Waals surface area contributed by atoms with Gasteiger partial charge in [0.05, 0.1) is 6.54 Å². The first-order valence-electron chi connectivity index (χ1n) is 10.2. The third-order valence-electron chi connectivity index (χ3n) is 5.09.